The highest BCUT2D eigenvalue weighted by Crippen LogP contribution is 2.35. The molecule has 3 rings (SSSR count). The number of imide groups is 1. The molecule has 2 N–H and O–H groups in total. The number of hydrogen-bond acceptors (Lipinski definition) is 5. The summed E-state index contributed by atoms with van der Waals surface area (Å²) in [6.45, 7) is 1.41. The number of nitrogens with zero attached hydrogens (tertiary/aromatic N) is 1. The minimum absolute atomic E-state index is 0.0573. The lowest BCUT2D eigenvalue weighted by Crippen LogP contribution is -2.44. The number of carbonyl (C=O) groups excluding carboxylic acids is 4. The van der Waals surface area contributed by atoms with E-state index < -0.39 is 29.6 Å². The Morgan fingerprint density at radius 3 is 2.56 bits per heavy atom. The van der Waals surface area contributed by atoms with Crippen molar-refractivity contribution in [3.8, 4) is 0 Å². The minimum Gasteiger partial charge on any atom is -0.452 e. The van der Waals surface area contributed by atoms with Crippen LogP contribution in [0.5, 0.6) is 0 Å². The highest BCUT2D eigenvalue weighted by Gasteiger charge is 2.52. The second-order valence-corrected chi connectivity index (χ2v) is 6.91. The minimum atomic E-state index is -0.984. The first-order valence-corrected chi connectivity index (χ1v) is 9.11. The van der Waals surface area contributed by atoms with Crippen molar-refractivity contribution < 1.29 is 23.9 Å². The molecule has 1 aliphatic carbocycles. The van der Waals surface area contributed by atoms with E-state index in [2.05, 4.69) is 10.6 Å². The van der Waals surface area contributed by atoms with Gasteiger partial charge in [-0.2, -0.15) is 0 Å². The van der Waals surface area contributed by atoms with Crippen LogP contribution in [0.25, 0.3) is 0 Å². The Morgan fingerprint density at radius 1 is 1.22 bits per heavy atom. The van der Waals surface area contributed by atoms with Gasteiger partial charge >= 0.3 is 12.0 Å². The molecule has 1 spiro atoms. The molecule has 8 heteroatoms. The Labute approximate surface area is 157 Å². The normalized spacial score (nSPS) is 19.1. The zero-order chi connectivity index (χ0) is 19.4. The zero-order valence-electron chi connectivity index (χ0n) is 15.2. The zero-order valence-corrected chi connectivity index (χ0v) is 15.2. The third-order valence-electron chi connectivity index (χ3n) is 4.96. The van der Waals surface area contributed by atoms with Crippen LogP contribution in [0.1, 0.15) is 39.0 Å². The fraction of sp³-hybridized carbons (Fsp3) is 0.474. The lowest BCUT2D eigenvalue weighted by molar-refractivity contribution is -0.153. The van der Waals surface area contributed by atoms with Crippen LogP contribution < -0.4 is 10.6 Å². The number of benzene rings is 1. The van der Waals surface area contributed by atoms with Crippen molar-refractivity contribution in [2.75, 3.05) is 11.9 Å². The maximum atomic E-state index is 12.5. The second-order valence-electron chi connectivity index (χ2n) is 6.91. The summed E-state index contributed by atoms with van der Waals surface area (Å²) in [7, 11) is 0. The number of para-hydroxylation sites is 1. The number of ether oxygens (including phenoxy) is 1. The van der Waals surface area contributed by atoms with Crippen molar-refractivity contribution in [1.82, 2.24) is 10.2 Å². The molecule has 0 unspecified atom stereocenters. The highest BCUT2D eigenvalue weighted by molar-refractivity contribution is 6.07. The first kappa shape index (κ1) is 18.9. The molecule has 0 bridgehead atoms. The van der Waals surface area contributed by atoms with Crippen molar-refractivity contribution in [2.45, 2.75) is 50.7 Å². The Bertz CT molecular complexity index is 743. The Balaban J connectivity index is 1.47. The van der Waals surface area contributed by atoms with Crippen LogP contribution in [-0.4, -0.2) is 46.9 Å². The van der Waals surface area contributed by atoms with E-state index in [0.717, 1.165) is 17.7 Å². The summed E-state index contributed by atoms with van der Waals surface area (Å²) in [5.74, 6) is -1.36. The SMILES string of the molecule is C[C@@H](OC(=O)CCN1C(=O)NC2(CCCC2)C1=O)C(=O)Nc1ccccc1. The van der Waals surface area contributed by atoms with Crippen LogP contribution in [0.15, 0.2) is 30.3 Å². The molecule has 8 nitrogen and oxygen atoms in total. The highest BCUT2D eigenvalue weighted by atomic mass is 16.5. The molecule has 2 fully saturated rings. The van der Waals surface area contributed by atoms with Crippen LogP contribution in [-0.2, 0) is 19.1 Å². The average molecular weight is 373 g/mol. The molecule has 1 atom stereocenters. The van der Waals surface area contributed by atoms with Gasteiger partial charge in [-0.25, -0.2) is 4.79 Å². The van der Waals surface area contributed by atoms with Gasteiger partial charge in [0.1, 0.15) is 5.54 Å². The number of amides is 4. The van der Waals surface area contributed by atoms with Gasteiger partial charge in [0.15, 0.2) is 6.10 Å². The molecule has 27 heavy (non-hydrogen) atoms. The van der Waals surface area contributed by atoms with E-state index in [9.17, 15) is 19.2 Å². The molecule has 1 aromatic rings. The van der Waals surface area contributed by atoms with E-state index in [1.807, 2.05) is 6.07 Å². The molecule has 1 heterocycles. The molecule has 0 radical (unpaired) electrons. The third-order valence-corrected chi connectivity index (χ3v) is 4.96. The van der Waals surface area contributed by atoms with Gasteiger partial charge in [0, 0.05) is 12.2 Å². The van der Waals surface area contributed by atoms with Crippen molar-refractivity contribution in [1.29, 1.82) is 0 Å². The van der Waals surface area contributed by atoms with E-state index in [4.69, 9.17) is 4.74 Å². The summed E-state index contributed by atoms with van der Waals surface area (Å²) in [5.41, 5.74) is -0.185. The number of carbonyl (C=O) groups is 4. The van der Waals surface area contributed by atoms with Crippen LogP contribution in [0, 0.1) is 0 Å². The van der Waals surface area contributed by atoms with E-state index in [0.29, 0.717) is 18.5 Å². The van der Waals surface area contributed by atoms with E-state index >= 15 is 0 Å². The van der Waals surface area contributed by atoms with Gasteiger partial charge < -0.3 is 15.4 Å². The van der Waals surface area contributed by atoms with E-state index in [-0.39, 0.29) is 18.9 Å². The number of nitrogens with one attached hydrogen (secondary N) is 2. The van der Waals surface area contributed by atoms with Crippen molar-refractivity contribution in [2.24, 2.45) is 0 Å². The van der Waals surface area contributed by atoms with Crippen molar-refractivity contribution in [3.05, 3.63) is 30.3 Å². The van der Waals surface area contributed by atoms with E-state index in [1.165, 1.54) is 6.92 Å². The largest absolute Gasteiger partial charge is 0.452 e. The number of anilines is 1. The topological polar surface area (TPSA) is 105 Å². The number of rotatable bonds is 6. The molecule has 1 saturated heterocycles. The van der Waals surface area contributed by atoms with Crippen molar-refractivity contribution in [3.63, 3.8) is 0 Å². The first-order valence-electron chi connectivity index (χ1n) is 9.11. The van der Waals surface area contributed by atoms with Gasteiger partial charge in [-0.05, 0) is 31.9 Å². The second kappa shape index (κ2) is 7.77. The summed E-state index contributed by atoms with van der Waals surface area (Å²) >= 11 is 0. The smallest absolute Gasteiger partial charge is 0.325 e. The standard InChI is InChI=1S/C19H23N3O5/c1-13(16(24)20-14-7-3-2-4-8-14)27-15(23)9-12-22-17(25)19(21-18(22)26)10-5-6-11-19/h2-4,7-8,13H,5-6,9-12H2,1H3,(H,20,24)(H,21,26)/t13-/m1/s1. The summed E-state index contributed by atoms with van der Waals surface area (Å²) in [5, 5.41) is 5.41. The number of hydrogen-bond donors (Lipinski definition) is 2. The summed E-state index contributed by atoms with van der Waals surface area (Å²) < 4.78 is 5.11. The summed E-state index contributed by atoms with van der Waals surface area (Å²) in [6, 6.07) is 8.36. The molecule has 144 valence electrons. The predicted molar refractivity (Wildman–Crippen MR) is 96.7 cm³/mol. The molecule has 2 aliphatic rings. The Morgan fingerprint density at radius 2 is 1.89 bits per heavy atom. The Kier molecular flexibility index (Phi) is 5.43. The van der Waals surface area contributed by atoms with Crippen LogP contribution >= 0.6 is 0 Å². The lowest BCUT2D eigenvalue weighted by Gasteiger charge is -2.20. The van der Waals surface area contributed by atoms with Crippen LogP contribution in [0.4, 0.5) is 10.5 Å². The maximum absolute atomic E-state index is 12.5. The fourth-order valence-electron chi connectivity index (χ4n) is 3.47. The quantitative estimate of drug-likeness (QED) is 0.584. The number of esters is 1. The van der Waals surface area contributed by atoms with Gasteiger partial charge in [-0.1, -0.05) is 31.0 Å². The molecule has 1 aromatic carbocycles. The fourth-order valence-corrected chi connectivity index (χ4v) is 3.47. The van der Waals surface area contributed by atoms with Crippen LogP contribution in [0.3, 0.4) is 0 Å². The summed E-state index contributed by atoms with van der Waals surface area (Å²) in [4.78, 5) is 49.7. The monoisotopic (exact) mass is 373 g/mol. The van der Waals surface area contributed by atoms with Gasteiger partial charge in [-0.3, -0.25) is 19.3 Å². The van der Waals surface area contributed by atoms with Crippen LogP contribution in [0.2, 0.25) is 0 Å². The molecule has 1 saturated carbocycles. The summed E-state index contributed by atoms with van der Waals surface area (Å²) in [6.07, 6.45) is 1.93. The van der Waals surface area contributed by atoms with Crippen molar-refractivity contribution >= 4 is 29.5 Å². The van der Waals surface area contributed by atoms with Gasteiger partial charge in [-0.15, -0.1) is 0 Å². The van der Waals surface area contributed by atoms with E-state index in [1.54, 1.807) is 24.3 Å². The Hall–Kier alpha value is -2.90. The van der Waals surface area contributed by atoms with Gasteiger partial charge in [0.25, 0.3) is 11.8 Å². The maximum Gasteiger partial charge on any atom is 0.325 e. The van der Waals surface area contributed by atoms with Gasteiger partial charge in [0.2, 0.25) is 0 Å². The molecule has 4 amide bonds. The lowest BCUT2D eigenvalue weighted by atomic mass is 9.98. The predicted octanol–water partition coefficient (Wildman–Crippen LogP) is 1.81. The average Bonchev–Trinajstić information content (AvgIpc) is 3.20. The third kappa shape index (κ3) is 4.10. The molecule has 0 aromatic heterocycles. The van der Waals surface area contributed by atoms with Gasteiger partial charge in [0.05, 0.1) is 6.42 Å². The number of urea groups is 1. The molecule has 1 aliphatic heterocycles. The molecular weight excluding hydrogens is 350 g/mol. The molecular formula is C19H23N3O5. The first-order chi connectivity index (χ1) is 12.9.